The number of nitrogens with zero attached hydrogens (tertiary/aromatic N) is 2. The number of anilines is 1. The fourth-order valence-corrected chi connectivity index (χ4v) is 4.19. The van der Waals surface area contributed by atoms with Gasteiger partial charge < -0.3 is 4.90 Å². The number of rotatable bonds is 1. The lowest BCUT2D eigenvalue weighted by atomic mass is 10.1. The third-order valence-electron chi connectivity index (χ3n) is 3.34. The molecule has 0 aromatic carbocycles. The number of hydrogen-bond donors (Lipinski definition) is 0. The molecule has 1 aromatic rings. The quantitative estimate of drug-likeness (QED) is 0.733. The van der Waals surface area contributed by atoms with Crippen LogP contribution >= 0.6 is 22.9 Å². The summed E-state index contributed by atoms with van der Waals surface area (Å²) in [5.74, 6) is 0.0430. The minimum Gasteiger partial charge on any atom is -0.301 e. The first-order chi connectivity index (χ1) is 8.20. The van der Waals surface area contributed by atoms with Crippen molar-refractivity contribution in [1.29, 1.82) is 5.26 Å². The van der Waals surface area contributed by atoms with Gasteiger partial charge in [-0.15, -0.1) is 22.9 Å². The van der Waals surface area contributed by atoms with Crippen LogP contribution in [0.25, 0.3) is 0 Å². The number of amides is 1. The molecule has 3 rings (SSSR count). The normalized spacial score (nSPS) is 22.9. The fourth-order valence-electron chi connectivity index (χ4n) is 2.56. The van der Waals surface area contributed by atoms with E-state index in [1.54, 1.807) is 16.2 Å². The highest BCUT2D eigenvalue weighted by molar-refractivity contribution is 7.16. The molecule has 2 aliphatic rings. The van der Waals surface area contributed by atoms with Crippen molar-refractivity contribution in [2.45, 2.75) is 31.1 Å². The lowest BCUT2D eigenvalue weighted by molar-refractivity contribution is -0.117. The molecule has 0 radical (unpaired) electrons. The molecule has 0 spiro atoms. The summed E-state index contributed by atoms with van der Waals surface area (Å²) in [5, 5.41) is 9.97. The van der Waals surface area contributed by atoms with E-state index in [0.717, 1.165) is 24.3 Å². The smallest absolute Gasteiger partial charge is 0.229 e. The average Bonchev–Trinajstić information content (AvgIpc) is 2.91. The number of halogens is 1. The van der Waals surface area contributed by atoms with E-state index in [1.165, 1.54) is 10.4 Å². The third-order valence-corrected chi connectivity index (χ3v) is 4.94. The second-order valence-corrected chi connectivity index (χ2v) is 6.16. The Balaban J connectivity index is 2.05. The van der Waals surface area contributed by atoms with Crippen molar-refractivity contribution in [2.75, 3.05) is 11.4 Å². The number of alkyl halides is 1. The minimum absolute atomic E-state index is 0.0430. The lowest BCUT2D eigenvalue weighted by Gasteiger charge is -2.14. The zero-order valence-electron chi connectivity index (χ0n) is 9.20. The van der Waals surface area contributed by atoms with Crippen LogP contribution in [0.5, 0.6) is 0 Å². The summed E-state index contributed by atoms with van der Waals surface area (Å²) < 4.78 is 0. The number of thiophene rings is 1. The minimum atomic E-state index is -0.119. The number of carbonyl (C=O) groups is 1. The molecule has 2 heterocycles. The third kappa shape index (κ3) is 1.65. The number of nitriles is 1. The van der Waals surface area contributed by atoms with E-state index < -0.39 is 0 Å². The van der Waals surface area contributed by atoms with Gasteiger partial charge in [0.2, 0.25) is 5.91 Å². The fraction of sp³-hybridized carbons (Fsp3) is 0.500. The highest BCUT2D eigenvalue weighted by Gasteiger charge is 2.34. The van der Waals surface area contributed by atoms with Crippen molar-refractivity contribution in [3.63, 3.8) is 0 Å². The van der Waals surface area contributed by atoms with Gasteiger partial charge in [-0.25, -0.2) is 0 Å². The summed E-state index contributed by atoms with van der Waals surface area (Å²) in [4.78, 5) is 14.8. The second kappa shape index (κ2) is 4.01. The van der Waals surface area contributed by atoms with E-state index in [1.807, 2.05) is 0 Å². The van der Waals surface area contributed by atoms with Crippen LogP contribution in [0, 0.1) is 11.3 Å². The summed E-state index contributed by atoms with van der Waals surface area (Å²) in [6, 6.07) is 2.26. The maximum absolute atomic E-state index is 11.8. The number of carbonyl (C=O) groups excluding carboxylic acids is 1. The first kappa shape index (κ1) is 11.1. The van der Waals surface area contributed by atoms with Crippen LogP contribution in [0.4, 0.5) is 5.00 Å². The lowest BCUT2D eigenvalue weighted by Crippen LogP contribution is -2.24. The zero-order chi connectivity index (χ0) is 12.0. The Bertz CT molecular complexity index is 531. The first-order valence-electron chi connectivity index (χ1n) is 5.69. The van der Waals surface area contributed by atoms with Gasteiger partial charge in [0.25, 0.3) is 0 Å². The van der Waals surface area contributed by atoms with Crippen LogP contribution in [0.1, 0.15) is 28.8 Å². The first-order valence-corrected chi connectivity index (χ1v) is 6.95. The number of fused-ring (bicyclic) bond motifs is 1. The van der Waals surface area contributed by atoms with E-state index in [-0.39, 0.29) is 11.3 Å². The Morgan fingerprint density at radius 1 is 1.47 bits per heavy atom. The summed E-state index contributed by atoms with van der Waals surface area (Å²) in [6.07, 6.45) is 3.53. The van der Waals surface area contributed by atoms with Gasteiger partial charge in [-0.1, -0.05) is 0 Å². The van der Waals surface area contributed by atoms with Gasteiger partial charge in [-0.3, -0.25) is 4.79 Å². The largest absolute Gasteiger partial charge is 0.301 e. The molecule has 1 fully saturated rings. The molecular weight excluding hydrogens is 256 g/mol. The molecule has 1 amide bonds. The van der Waals surface area contributed by atoms with Gasteiger partial charge in [-0.05, 0) is 24.8 Å². The molecule has 0 N–H and O–H groups in total. The average molecular weight is 267 g/mol. The zero-order valence-corrected chi connectivity index (χ0v) is 10.8. The van der Waals surface area contributed by atoms with Crippen molar-refractivity contribution in [1.82, 2.24) is 0 Å². The van der Waals surface area contributed by atoms with Gasteiger partial charge in [0.05, 0.1) is 10.9 Å². The highest BCUT2D eigenvalue weighted by Crippen LogP contribution is 2.42. The summed E-state index contributed by atoms with van der Waals surface area (Å²) >= 11 is 7.60. The molecule has 5 heteroatoms. The molecular formula is C12H11ClN2OS. The molecule has 0 bridgehead atoms. The van der Waals surface area contributed by atoms with E-state index >= 15 is 0 Å². The molecule has 88 valence electrons. The van der Waals surface area contributed by atoms with Crippen LogP contribution < -0.4 is 4.90 Å². The van der Waals surface area contributed by atoms with Gasteiger partial charge in [0.1, 0.15) is 11.1 Å². The Hall–Kier alpha value is -1.05. The molecule has 0 saturated carbocycles. The molecule has 3 nitrogen and oxygen atoms in total. The standard InChI is InChI=1S/C12H11ClN2OS/c13-7-4-11(16)15(6-7)12-9(5-14)8-2-1-3-10(8)17-12/h7H,1-4,6H2. The summed E-state index contributed by atoms with van der Waals surface area (Å²) in [7, 11) is 0. The van der Waals surface area contributed by atoms with Crippen LogP contribution in [0.3, 0.4) is 0 Å². The van der Waals surface area contributed by atoms with Crippen LogP contribution in [0.2, 0.25) is 0 Å². The van der Waals surface area contributed by atoms with Crippen LogP contribution in [-0.2, 0) is 17.6 Å². The molecule has 1 atom stereocenters. The highest BCUT2D eigenvalue weighted by atomic mass is 35.5. The predicted octanol–water partition coefficient (Wildman–Crippen LogP) is 2.45. The Kier molecular flexibility index (Phi) is 2.61. The molecule has 1 saturated heterocycles. The van der Waals surface area contributed by atoms with Crippen LogP contribution in [0.15, 0.2) is 0 Å². The van der Waals surface area contributed by atoms with Gasteiger partial charge in [0, 0.05) is 17.8 Å². The Labute approximate surface area is 109 Å². The van der Waals surface area contributed by atoms with Crippen molar-refractivity contribution in [3.8, 4) is 6.07 Å². The van der Waals surface area contributed by atoms with E-state index in [2.05, 4.69) is 6.07 Å². The molecule has 1 aliphatic heterocycles. The Morgan fingerprint density at radius 3 is 2.94 bits per heavy atom. The maximum atomic E-state index is 11.8. The van der Waals surface area contributed by atoms with Crippen LogP contribution in [-0.4, -0.2) is 17.8 Å². The Morgan fingerprint density at radius 2 is 2.29 bits per heavy atom. The van der Waals surface area contributed by atoms with Gasteiger partial charge in [-0.2, -0.15) is 5.26 Å². The molecule has 1 unspecified atom stereocenters. The van der Waals surface area contributed by atoms with Gasteiger partial charge in [0.15, 0.2) is 0 Å². The van der Waals surface area contributed by atoms with E-state index in [0.29, 0.717) is 18.5 Å². The summed E-state index contributed by atoms with van der Waals surface area (Å²) in [6.45, 7) is 0.536. The number of hydrogen-bond acceptors (Lipinski definition) is 3. The predicted molar refractivity (Wildman–Crippen MR) is 67.7 cm³/mol. The monoisotopic (exact) mass is 266 g/mol. The van der Waals surface area contributed by atoms with E-state index in [4.69, 9.17) is 11.6 Å². The summed E-state index contributed by atoms with van der Waals surface area (Å²) in [5.41, 5.74) is 1.87. The SMILES string of the molecule is N#Cc1c(N2CC(Cl)CC2=O)sc2c1CCC2. The molecule has 17 heavy (non-hydrogen) atoms. The molecule has 1 aliphatic carbocycles. The second-order valence-electron chi connectivity index (χ2n) is 4.46. The van der Waals surface area contributed by atoms with Crippen molar-refractivity contribution in [3.05, 3.63) is 16.0 Å². The van der Waals surface area contributed by atoms with Crippen molar-refractivity contribution < 1.29 is 4.79 Å². The molecule has 1 aromatic heterocycles. The van der Waals surface area contributed by atoms with E-state index in [9.17, 15) is 10.1 Å². The van der Waals surface area contributed by atoms with Gasteiger partial charge >= 0.3 is 0 Å². The topological polar surface area (TPSA) is 44.1 Å². The van der Waals surface area contributed by atoms with Crippen molar-refractivity contribution in [2.24, 2.45) is 0 Å². The maximum Gasteiger partial charge on any atom is 0.229 e. The van der Waals surface area contributed by atoms with Crippen molar-refractivity contribution >= 4 is 33.8 Å². The number of aryl methyl sites for hydroxylation is 1.